The van der Waals surface area contributed by atoms with Crippen LogP contribution >= 0.6 is 0 Å². The van der Waals surface area contributed by atoms with Gasteiger partial charge >= 0.3 is 0 Å². The number of piperidine rings is 1. The molecule has 2 saturated heterocycles. The Hall–Kier alpha value is -0.650. The SMILES string of the molecule is CCN1CCN(C(CN)CC(=O)N2CCCCC2)CC1C. The predicted octanol–water partition coefficient (Wildman–Crippen LogP) is 0.742. The number of carbonyl (C=O) groups excluding carboxylic acids is 1. The lowest BCUT2D eigenvalue weighted by atomic mass is 10.1. The minimum atomic E-state index is 0.209. The highest BCUT2D eigenvalue weighted by molar-refractivity contribution is 5.77. The van der Waals surface area contributed by atoms with Gasteiger partial charge < -0.3 is 10.6 Å². The van der Waals surface area contributed by atoms with Crippen LogP contribution < -0.4 is 5.73 Å². The molecule has 0 spiro atoms. The highest BCUT2D eigenvalue weighted by atomic mass is 16.2. The van der Waals surface area contributed by atoms with E-state index in [1.165, 1.54) is 6.42 Å². The molecular weight excluding hydrogens is 264 g/mol. The van der Waals surface area contributed by atoms with Crippen LogP contribution in [0, 0.1) is 0 Å². The molecule has 0 radical (unpaired) electrons. The Morgan fingerprint density at radius 3 is 2.48 bits per heavy atom. The smallest absolute Gasteiger partial charge is 0.224 e. The van der Waals surface area contributed by atoms with E-state index in [9.17, 15) is 4.79 Å². The normalized spacial score (nSPS) is 26.8. The maximum absolute atomic E-state index is 12.4. The first kappa shape index (κ1) is 16.7. The van der Waals surface area contributed by atoms with Crippen molar-refractivity contribution in [3.05, 3.63) is 0 Å². The van der Waals surface area contributed by atoms with E-state index in [1.54, 1.807) is 0 Å². The Morgan fingerprint density at radius 1 is 1.19 bits per heavy atom. The summed E-state index contributed by atoms with van der Waals surface area (Å²) in [6, 6.07) is 0.767. The van der Waals surface area contributed by atoms with E-state index in [0.29, 0.717) is 24.9 Å². The first-order valence-corrected chi connectivity index (χ1v) is 8.61. The van der Waals surface area contributed by atoms with Crippen molar-refractivity contribution < 1.29 is 4.79 Å². The molecule has 2 atom stereocenters. The molecule has 0 aromatic rings. The van der Waals surface area contributed by atoms with Crippen LogP contribution in [0.1, 0.15) is 39.5 Å². The average Bonchev–Trinajstić information content (AvgIpc) is 2.53. The third-order valence-corrected chi connectivity index (χ3v) is 5.11. The summed E-state index contributed by atoms with van der Waals surface area (Å²) in [6.45, 7) is 11.2. The summed E-state index contributed by atoms with van der Waals surface area (Å²) in [5.41, 5.74) is 5.97. The molecule has 2 rings (SSSR count). The van der Waals surface area contributed by atoms with Crippen LogP contribution in [0.25, 0.3) is 0 Å². The lowest BCUT2D eigenvalue weighted by molar-refractivity contribution is -0.133. The number of nitrogens with zero attached hydrogens (tertiary/aromatic N) is 3. The van der Waals surface area contributed by atoms with Gasteiger partial charge in [-0.25, -0.2) is 0 Å². The molecular formula is C16H32N4O. The second kappa shape index (κ2) is 8.11. The second-order valence-electron chi connectivity index (χ2n) is 6.51. The van der Waals surface area contributed by atoms with Gasteiger partial charge in [-0.2, -0.15) is 0 Å². The van der Waals surface area contributed by atoms with Gasteiger partial charge in [0.1, 0.15) is 0 Å². The van der Waals surface area contributed by atoms with E-state index in [-0.39, 0.29) is 6.04 Å². The quantitative estimate of drug-likeness (QED) is 0.813. The van der Waals surface area contributed by atoms with Crippen LogP contribution in [-0.4, -0.2) is 78.5 Å². The lowest BCUT2D eigenvalue weighted by Gasteiger charge is -2.43. The van der Waals surface area contributed by atoms with Crippen molar-refractivity contribution in [2.45, 2.75) is 51.6 Å². The molecule has 2 fully saturated rings. The van der Waals surface area contributed by atoms with Gasteiger partial charge in [-0.3, -0.25) is 14.6 Å². The standard InChI is InChI=1S/C16H32N4O/c1-3-18-9-10-20(13-14(18)2)15(12-17)11-16(21)19-7-5-4-6-8-19/h14-15H,3-13,17H2,1-2H3. The molecule has 2 N–H and O–H groups in total. The van der Waals surface area contributed by atoms with Gasteiger partial charge in [-0.15, -0.1) is 0 Å². The fourth-order valence-corrected chi connectivity index (χ4v) is 3.66. The minimum Gasteiger partial charge on any atom is -0.343 e. The molecule has 0 saturated carbocycles. The summed E-state index contributed by atoms with van der Waals surface area (Å²) in [5, 5.41) is 0. The van der Waals surface area contributed by atoms with E-state index < -0.39 is 0 Å². The van der Waals surface area contributed by atoms with E-state index in [0.717, 1.165) is 52.1 Å². The van der Waals surface area contributed by atoms with E-state index in [1.807, 2.05) is 4.90 Å². The Morgan fingerprint density at radius 2 is 1.90 bits per heavy atom. The highest BCUT2D eigenvalue weighted by Crippen LogP contribution is 2.16. The largest absolute Gasteiger partial charge is 0.343 e. The molecule has 2 heterocycles. The zero-order valence-corrected chi connectivity index (χ0v) is 13.8. The van der Waals surface area contributed by atoms with Crippen LogP contribution in [0.5, 0.6) is 0 Å². The van der Waals surface area contributed by atoms with Gasteiger partial charge in [0.15, 0.2) is 0 Å². The number of likely N-dealkylation sites (N-methyl/N-ethyl adjacent to an activating group) is 1. The molecule has 0 bridgehead atoms. The lowest BCUT2D eigenvalue weighted by Crippen LogP contribution is -2.57. The van der Waals surface area contributed by atoms with Crippen LogP contribution in [-0.2, 0) is 4.79 Å². The predicted molar refractivity (Wildman–Crippen MR) is 86.2 cm³/mol. The molecule has 2 unspecified atom stereocenters. The summed E-state index contributed by atoms with van der Waals surface area (Å²) < 4.78 is 0. The average molecular weight is 296 g/mol. The third kappa shape index (κ3) is 4.41. The van der Waals surface area contributed by atoms with E-state index >= 15 is 0 Å². The first-order valence-electron chi connectivity index (χ1n) is 8.61. The monoisotopic (exact) mass is 296 g/mol. The maximum atomic E-state index is 12.4. The van der Waals surface area contributed by atoms with E-state index in [2.05, 4.69) is 23.6 Å². The van der Waals surface area contributed by atoms with Crippen molar-refractivity contribution in [1.29, 1.82) is 0 Å². The van der Waals surface area contributed by atoms with Crippen molar-refractivity contribution in [3.8, 4) is 0 Å². The molecule has 21 heavy (non-hydrogen) atoms. The Bertz CT molecular complexity index is 330. The number of hydrogen-bond acceptors (Lipinski definition) is 4. The van der Waals surface area contributed by atoms with E-state index in [4.69, 9.17) is 5.73 Å². The Balaban J connectivity index is 1.86. The number of piperazine rings is 1. The van der Waals surface area contributed by atoms with Crippen molar-refractivity contribution in [2.24, 2.45) is 5.73 Å². The zero-order valence-electron chi connectivity index (χ0n) is 13.8. The highest BCUT2D eigenvalue weighted by Gasteiger charge is 2.29. The minimum absolute atomic E-state index is 0.209. The van der Waals surface area contributed by atoms with Crippen molar-refractivity contribution in [3.63, 3.8) is 0 Å². The van der Waals surface area contributed by atoms with Crippen molar-refractivity contribution in [2.75, 3.05) is 45.8 Å². The van der Waals surface area contributed by atoms with Gasteiger partial charge in [-0.05, 0) is 32.7 Å². The zero-order chi connectivity index (χ0) is 15.2. The second-order valence-corrected chi connectivity index (χ2v) is 6.51. The van der Waals surface area contributed by atoms with Crippen molar-refractivity contribution >= 4 is 5.91 Å². The maximum Gasteiger partial charge on any atom is 0.224 e. The summed E-state index contributed by atoms with van der Waals surface area (Å²) in [7, 11) is 0. The Kier molecular flexibility index (Phi) is 6.45. The first-order chi connectivity index (χ1) is 10.2. The van der Waals surface area contributed by atoms with Gasteiger partial charge in [0, 0.05) is 57.8 Å². The van der Waals surface area contributed by atoms with Gasteiger partial charge in [-0.1, -0.05) is 6.92 Å². The third-order valence-electron chi connectivity index (χ3n) is 5.11. The molecule has 122 valence electrons. The van der Waals surface area contributed by atoms with Crippen molar-refractivity contribution in [1.82, 2.24) is 14.7 Å². The molecule has 5 nitrogen and oxygen atoms in total. The van der Waals surface area contributed by atoms with Gasteiger partial charge in [0.2, 0.25) is 5.91 Å². The van der Waals surface area contributed by atoms with Crippen LogP contribution in [0.3, 0.4) is 0 Å². The van der Waals surface area contributed by atoms with Gasteiger partial charge in [0.25, 0.3) is 0 Å². The number of hydrogen-bond donors (Lipinski definition) is 1. The number of rotatable bonds is 5. The number of amides is 1. The topological polar surface area (TPSA) is 52.8 Å². The summed E-state index contributed by atoms with van der Waals surface area (Å²) in [4.78, 5) is 19.4. The molecule has 1 amide bonds. The number of nitrogens with two attached hydrogens (primary N) is 1. The fourth-order valence-electron chi connectivity index (χ4n) is 3.66. The molecule has 2 aliphatic rings. The Labute approximate surface area is 129 Å². The molecule has 2 aliphatic heterocycles. The van der Waals surface area contributed by atoms with Crippen LogP contribution in [0.15, 0.2) is 0 Å². The summed E-state index contributed by atoms with van der Waals surface area (Å²) in [6.07, 6.45) is 4.17. The molecule has 0 aliphatic carbocycles. The van der Waals surface area contributed by atoms with Crippen LogP contribution in [0.2, 0.25) is 0 Å². The number of likely N-dealkylation sites (tertiary alicyclic amines) is 1. The van der Waals surface area contributed by atoms with Crippen LogP contribution in [0.4, 0.5) is 0 Å². The molecule has 5 heteroatoms. The summed E-state index contributed by atoms with van der Waals surface area (Å²) >= 11 is 0. The molecule has 0 aromatic heterocycles. The fraction of sp³-hybridized carbons (Fsp3) is 0.938. The van der Waals surface area contributed by atoms with Gasteiger partial charge in [0.05, 0.1) is 0 Å². The molecule has 0 aromatic carbocycles. The summed E-state index contributed by atoms with van der Waals surface area (Å²) in [5.74, 6) is 0.302. The number of carbonyl (C=O) groups is 1.